The Labute approximate surface area is 154 Å². The second-order valence-corrected chi connectivity index (χ2v) is 6.03. The van der Waals surface area contributed by atoms with E-state index in [1.807, 2.05) is 0 Å². The third-order valence-electron chi connectivity index (χ3n) is 4.04. The Bertz CT molecular complexity index is 1140. The molecule has 0 unspecified atom stereocenters. The number of nitrogens with one attached hydrogen (secondary N) is 2. The molecule has 1 heterocycles. The van der Waals surface area contributed by atoms with Gasteiger partial charge in [-0.05, 0) is 42.8 Å². The molecule has 146 valence electrons. The number of carboxylic acid groups (broad SMARTS) is 1. The smallest absolute Gasteiger partial charge is 0.416 e. The van der Waals surface area contributed by atoms with Crippen molar-refractivity contribution in [2.45, 2.75) is 19.6 Å². The van der Waals surface area contributed by atoms with Gasteiger partial charge in [-0.2, -0.15) is 13.2 Å². The monoisotopic (exact) mass is 395 g/mol. The number of aryl methyl sites for hydroxylation is 1. The predicted molar refractivity (Wildman–Crippen MR) is 92.8 cm³/mol. The highest BCUT2D eigenvalue weighted by Gasteiger charge is 2.34. The standard InChI is InChI=1S/C18H13F4N3O3/c1-8-24-15-6-12(18(20,21)22)10(4-11(15)16(26)25-8)7-23-14-3-2-9(17(27)28)5-13(14)19/h2-6,23H,7H2,1H3,(H,27,28)(H,24,25,26). The zero-order valence-electron chi connectivity index (χ0n) is 14.3. The maximum Gasteiger partial charge on any atom is 0.416 e. The second-order valence-electron chi connectivity index (χ2n) is 6.03. The summed E-state index contributed by atoms with van der Waals surface area (Å²) in [4.78, 5) is 29.2. The van der Waals surface area contributed by atoms with Crippen molar-refractivity contribution in [3.63, 3.8) is 0 Å². The molecule has 1 aromatic heterocycles. The molecular formula is C18H13F4N3O3. The van der Waals surface area contributed by atoms with Gasteiger partial charge in [0.05, 0.1) is 27.7 Å². The number of aromatic amines is 1. The molecule has 0 saturated heterocycles. The van der Waals surface area contributed by atoms with E-state index in [4.69, 9.17) is 5.11 Å². The molecule has 0 atom stereocenters. The molecule has 3 aromatic rings. The number of aromatic carboxylic acids is 1. The summed E-state index contributed by atoms with van der Waals surface area (Å²) in [5, 5.41) is 11.3. The van der Waals surface area contributed by atoms with E-state index in [-0.39, 0.29) is 33.5 Å². The zero-order chi connectivity index (χ0) is 20.6. The Kier molecular flexibility index (Phi) is 4.80. The predicted octanol–water partition coefficient (Wildman–Crippen LogP) is 3.70. The lowest BCUT2D eigenvalue weighted by molar-refractivity contribution is -0.138. The van der Waals surface area contributed by atoms with Gasteiger partial charge in [0.2, 0.25) is 0 Å². The van der Waals surface area contributed by atoms with Crippen LogP contribution in [0.4, 0.5) is 23.2 Å². The van der Waals surface area contributed by atoms with Gasteiger partial charge in [0.25, 0.3) is 5.56 Å². The average molecular weight is 395 g/mol. The van der Waals surface area contributed by atoms with Gasteiger partial charge in [0.1, 0.15) is 11.6 Å². The molecule has 3 rings (SSSR count). The Balaban J connectivity index is 2.02. The number of anilines is 1. The van der Waals surface area contributed by atoms with Crippen molar-refractivity contribution >= 4 is 22.6 Å². The molecule has 28 heavy (non-hydrogen) atoms. The van der Waals surface area contributed by atoms with Crippen molar-refractivity contribution in [2.75, 3.05) is 5.32 Å². The number of halogens is 4. The summed E-state index contributed by atoms with van der Waals surface area (Å²) in [6.45, 7) is 1.01. The third kappa shape index (κ3) is 3.80. The van der Waals surface area contributed by atoms with Crippen molar-refractivity contribution in [1.82, 2.24) is 9.97 Å². The van der Waals surface area contributed by atoms with Gasteiger partial charge in [0.15, 0.2) is 0 Å². The molecule has 10 heteroatoms. The van der Waals surface area contributed by atoms with E-state index in [0.29, 0.717) is 0 Å². The Hall–Kier alpha value is -3.43. The molecule has 0 radical (unpaired) electrons. The van der Waals surface area contributed by atoms with E-state index >= 15 is 0 Å². The van der Waals surface area contributed by atoms with Crippen LogP contribution in [0.3, 0.4) is 0 Å². The normalized spacial score (nSPS) is 11.6. The number of hydrogen-bond donors (Lipinski definition) is 3. The fourth-order valence-corrected chi connectivity index (χ4v) is 2.74. The summed E-state index contributed by atoms with van der Waals surface area (Å²) in [5.74, 6) is -2.08. The lowest BCUT2D eigenvalue weighted by Gasteiger charge is -2.15. The Morgan fingerprint density at radius 1 is 1.25 bits per heavy atom. The molecule has 2 aromatic carbocycles. The van der Waals surface area contributed by atoms with E-state index in [1.165, 1.54) is 6.92 Å². The van der Waals surface area contributed by atoms with Crippen LogP contribution in [0, 0.1) is 12.7 Å². The van der Waals surface area contributed by atoms with Crippen LogP contribution in [0.15, 0.2) is 35.1 Å². The Morgan fingerprint density at radius 2 is 1.96 bits per heavy atom. The SMILES string of the molecule is Cc1nc2cc(C(F)(F)F)c(CNc3ccc(C(=O)O)cc3F)cc2c(=O)[nH]1. The Morgan fingerprint density at radius 3 is 2.57 bits per heavy atom. The molecule has 0 aliphatic carbocycles. The topological polar surface area (TPSA) is 95.1 Å². The van der Waals surface area contributed by atoms with Crippen LogP contribution in [-0.4, -0.2) is 21.0 Å². The summed E-state index contributed by atoms with van der Waals surface area (Å²) < 4.78 is 54.3. The van der Waals surface area contributed by atoms with Gasteiger partial charge in [-0.15, -0.1) is 0 Å². The minimum atomic E-state index is -4.71. The first-order chi connectivity index (χ1) is 13.1. The third-order valence-corrected chi connectivity index (χ3v) is 4.04. The maximum absolute atomic E-state index is 14.0. The zero-order valence-corrected chi connectivity index (χ0v) is 14.3. The lowest BCUT2D eigenvalue weighted by atomic mass is 10.0. The summed E-state index contributed by atoms with van der Waals surface area (Å²) in [5.41, 5.74) is -2.44. The minimum absolute atomic E-state index is 0.0305. The summed E-state index contributed by atoms with van der Waals surface area (Å²) in [6.07, 6.45) is -4.71. The number of aromatic nitrogens is 2. The van der Waals surface area contributed by atoms with Crippen LogP contribution in [0.25, 0.3) is 10.9 Å². The van der Waals surface area contributed by atoms with Crippen LogP contribution in [0.1, 0.15) is 27.3 Å². The molecular weight excluding hydrogens is 382 g/mol. The quantitative estimate of drug-likeness (QED) is 0.586. The van der Waals surface area contributed by atoms with Crippen molar-refractivity contribution in [3.8, 4) is 0 Å². The molecule has 0 fully saturated rings. The van der Waals surface area contributed by atoms with Gasteiger partial charge in [-0.1, -0.05) is 0 Å². The van der Waals surface area contributed by atoms with Gasteiger partial charge < -0.3 is 15.4 Å². The van der Waals surface area contributed by atoms with Crippen molar-refractivity contribution < 1.29 is 27.5 Å². The number of fused-ring (bicyclic) bond motifs is 1. The first kappa shape index (κ1) is 19.3. The molecule has 0 aliphatic rings. The number of H-pyrrole nitrogens is 1. The highest BCUT2D eigenvalue weighted by molar-refractivity contribution is 5.88. The molecule has 6 nitrogen and oxygen atoms in total. The summed E-state index contributed by atoms with van der Waals surface area (Å²) in [6, 6.07) is 4.83. The van der Waals surface area contributed by atoms with Crippen molar-refractivity contribution in [1.29, 1.82) is 0 Å². The minimum Gasteiger partial charge on any atom is -0.478 e. The van der Waals surface area contributed by atoms with Gasteiger partial charge in [-0.3, -0.25) is 4.79 Å². The van der Waals surface area contributed by atoms with E-state index in [2.05, 4.69) is 15.3 Å². The van der Waals surface area contributed by atoms with Crippen LogP contribution in [-0.2, 0) is 12.7 Å². The van der Waals surface area contributed by atoms with Gasteiger partial charge >= 0.3 is 12.1 Å². The first-order valence-corrected chi connectivity index (χ1v) is 7.93. The summed E-state index contributed by atoms with van der Waals surface area (Å²) >= 11 is 0. The largest absolute Gasteiger partial charge is 0.478 e. The van der Waals surface area contributed by atoms with Crippen molar-refractivity contribution in [3.05, 3.63) is 69.0 Å². The number of alkyl halides is 3. The first-order valence-electron chi connectivity index (χ1n) is 7.93. The molecule has 0 spiro atoms. The van der Waals surface area contributed by atoms with Gasteiger partial charge in [-0.25, -0.2) is 14.2 Å². The molecule has 3 N–H and O–H groups in total. The molecule has 0 aliphatic heterocycles. The fraction of sp³-hybridized carbons (Fsp3) is 0.167. The maximum atomic E-state index is 14.0. The number of hydrogen-bond acceptors (Lipinski definition) is 4. The average Bonchev–Trinajstić information content (AvgIpc) is 2.59. The highest BCUT2D eigenvalue weighted by Crippen LogP contribution is 2.34. The molecule has 0 amide bonds. The van der Waals surface area contributed by atoms with E-state index in [1.54, 1.807) is 0 Å². The highest BCUT2D eigenvalue weighted by atomic mass is 19.4. The molecule has 0 saturated carbocycles. The van der Waals surface area contributed by atoms with Gasteiger partial charge in [0, 0.05) is 6.54 Å². The number of carboxylic acids is 1. The molecule has 0 bridgehead atoms. The van der Waals surface area contributed by atoms with E-state index < -0.39 is 35.6 Å². The number of benzene rings is 2. The van der Waals surface area contributed by atoms with Crippen LogP contribution >= 0.6 is 0 Å². The van der Waals surface area contributed by atoms with Crippen LogP contribution in [0.2, 0.25) is 0 Å². The number of carbonyl (C=O) groups is 1. The number of rotatable bonds is 4. The lowest BCUT2D eigenvalue weighted by Crippen LogP contribution is -2.16. The second kappa shape index (κ2) is 6.95. The summed E-state index contributed by atoms with van der Waals surface area (Å²) in [7, 11) is 0. The fourth-order valence-electron chi connectivity index (χ4n) is 2.74. The van der Waals surface area contributed by atoms with Crippen molar-refractivity contribution in [2.24, 2.45) is 0 Å². The van der Waals surface area contributed by atoms with E-state index in [9.17, 15) is 27.2 Å². The van der Waals surface area contributed by atoms with E-state index in [0.717, 1.165) is 30.3 Å². The van der Waals surface area contributed by atoms with Crippen LogP contribution < -0.4 is 10.9 Å². The number of nitrogens with zero attached hydrogens (tertiary/aromatic N) is 1. The van der Waals surface area contributed by atoms with Crippen LogP contribution in [0.5, 0.6) is 0 Å².